The van der Waals surface area contributed by atoms with E-state index in [0.29, 0.717) is 24.2 Å². The van der Waals surface area contributed by atoms with Gasteiger partial charge in [-0.1, -0.05) is 13.0 Å². The fraction of sp³-hybridized carbons (Fsp3) is 0.500. The number of likely N-dealkylation sites (N-methyl/N-ethyl adjacent to an activating group) is 1. The van der Waals surface area contributed by atoms with Gasteiger partial charge in [0, 0.05) is 44.2 Å². The maximum Gasteiger partial charge on any atom is 0.410 e. The highest BCUT2D eigenvalue weighted by Crippen LogP contribution is 2.30. The lowest BCUT2D eigenvalue weighted by Crippen LogP contribution is -2.52. The van der Waals surface area contributed by atoms with Crippen molar-refractivity contribution in [3.63, 3.8) is 0 Å². The average molecular weight is 467 g/mol. The van der Waals surface area contributed by atoms with Crippen molar-refractivity contribution in [2.75, 3.05) is 43.1 Å². The number of hydrogen-bond acceptors (Lipinski definition) is 8. The highest BCUT2D eigenvalue weighted by molar-refractivity contribution is 5.91. The van der Waals surface area contributed by atoms with E-state index < -0.39 is 5.60 Å². The third-order valence-electron chi connectivity index (χ3n) is 6.02. The largest absolute Gasteiger partial charge is 0.444 e. The number of ether oxygens (including phenoxy) is 1. The number of anilines is 3. The number of hydrogen-bond donors (Lipinski definition) is 3. The van der Waals surface area contributed by atoms with Crippen LogP contribution in [0.3, 0.4) is 0 Å². The number of benzene rings is 1. The molecule has 4 rings (SSSR count). The number of carbonyl (C=O) groups excluding carboxylic acids is 1. The van der Waals surface area contributed by atoms with Gasteiger partial charge in [0.05, 0.1) is 17.3 Å². The Bertz CT molecular complexity index is 1190. The quantitative estimate of drug-likeness (QED) is 0.531. The van der Waals surface area contributed by atoms with E-state index >= 15 is 0 Å². The molecule has 34 heavy (non-hydrogen) atoms. The molecule has 1 aliphatic rings. The van der Waals surface area contributed by atoms with E-state index in [4.69, 9.17) is 15.5 Å². The Labute approximate surface area is 199 Å². The van der Waals surface area contributed by atoms with Crippen molar-refractivity contribution in [1.82, 2.24) is 25.1 Å². The van der Waals surface area contributed by atoms with Gasteiger partial charge in [0.2, 0.25) is 5.95 Å². The van der Waals surface area contributed by atoms with Gasteiger partial charge in [0.15, 0.2) is 5.82 Å². The minimum Gasteiger partial charge on any atom is -0.444 e. The van der Waals surface area contributed by atoms with Crippen LogP contribution in [0.1, 0.15) is 34.1 Å². The second kappa shape index (κ2) is 9.00. The summed E-state index contributed by atoms with van der Waals surface area (Å²) in [6.45, 7) is 9.34. The van der Waals surface area contributed by atoms with Crippen molar-refractivity contribution in [3.05, 3.63) is 24.3 Å². The number of nitrogens with zero attached hydrogens (tertiary/aromatic N) is 5. The van der Waals surface area contributed by atoms with Gasteiger partial charge >= 0.3 is 6.09 Å². The van der Waals surface area contributed by atoms with Crippen molar-refractivity contribution < 1.29 is 9.53 Å². The van der Waals surface area contributed by atoms with E-state index in [1.54, 1.807) is 11.9 Å². The zero-order chi connectivity index (χ0) is 24.6. The van der Waals surface area contributed by atoms with Crippen LogP contribution in [0.2, 0.25) is 0 Å². The molecule has 0 saturated carbocycles. The topological polar surface area (TPSA) is 125 Å². The van der Waals surface area contributed by atoms with E-state index in [0.717, 1.165) is 40.9 Å². The second-order valence-corrected chi connectivity index (χ2v) is 10.0. The van der Waals surface area contributed by atoms with Gasteiger partial charge in [-0.05, 0) is 45.2 Å². The summed E-state index contributed by atoms with van der Waals surface area (Å²) in [4.78, 5) is 26.0. The molecule has 0 radical (unpaired) electrons. The van der Waals surface area contributed by atoms with Crippen LogP contribution in [-0.2, 0) is 4.74 Å². The van der Waals surface area contributed by atoms with Crippen LogP contribution in [0.5, 0.6) is 0 Å². The summed E-state index contributed by atoms with van der Waals surface area (Å²) in [5.41, 5.74) is 7.96. The number of nitrogen functional groups attached to an aromatic ring is 1. The number of carbonyl (C=O) groups is 1. The predicted molar refractivity (Wildman–Crippen MR) is 135 cm³/mol. The molecule has 1 saturated heterocycles. The van der Waals surface area contributed by atoms with Crippen molar-refractivity contribution in [3.8, 4) is 11.3 Å². The summed E-state index contributed by atoms with van der Waals surface area (Å²) in [5.74, 6) is 2.20. The fourth-order valence-electron chi connectivity index (χ4n) is 4.33. The first-order chi connectivity index (χ1) is 16.0. The maximum absolute atomic E-state index is 12.7. The minimum absolute atomic E-state index is 0.0133. The third kappa shape index (κ3) is 5.00. The SMILES string of the molecule is CNc1nc(-c2ccc3c(N)n[nH]c3c2)cc(N2C[C@H](C)C[C@@H](N(C)C(=O)OC(C)(C)C)C2)n1. The van der Waals surface area contributed by atoms with E-state index in [1.807, 2.05) is 52.1 Å². The Kier molecular flexibility index (Phi) is 6.24. The highest BCUT2D eigenvalue weighted by atomic mass is 16.6. The summed E-state index contributed by atoms with van der Waals surface area (Å²) in [6, 6.07) is 7.92. The van der Waals surface area contributed by atoms with Crippen LogP contribution in [0.4, 0.5) is 22.4 Å². The molecular weight excluding hydrogens is 432 g/mol. The molecule has 1 aromatic carbocycles. The molecule has 1 aliphatic heterocycles. The molecule has 0 unspecified atom stereocenters. The Morgan fingerprint density at radius 3 is 2.74 bits per heavy atom. The van der Waals surface area contributed by atoms with E-state index in [9.17, 15) is 4.79 Å². The number of nitrogens with one attached hydrogen (secondary N) is 2. The lowest BCUT2D eigenvalue weighted by molar-refractivity contribution is 0.0195. The summed E-state index contributed by atoms with van der Waals surface area (Å²) in [6.07, 6.45) is 0.596. The number of H-pyrrole nitrogens is 1. The first-order valence-electron chi connectivity index (χ1n) is 11.6. The zero-order valence-corrected chi connectivity index (χ0v) is 20.7. The van der Waals surface area contributed by atoms with Gasteiger partial charge in [-0.15, -0.1) is 0 Å². The number of nitrogens with two attached hydrogens (primary N) is 1. The van der Waals surface area contributed by atoms with E-state index in [2.05, 4.69) is 32.3 Å². The van der Waals surface area contributed by atoms with Gasteiger partial charge in [-0.3, -0.25) is 5.10 Å². The third-order valence-corrected chi connectivity index (χ3v) is 6.02. The smallest absolute Gasteiger partial charge is 0.410 e. The molecule has 3 aromatic rings. The van der Waals surface area contributed by atoms with Gasteiger partial charge in [0.1, 0.15) is 11.4 Å². The Morgan fingerprint density at radius 2 is 2.03 bits per heavy atom. The highest BCUT2D eigenvalue weighted by Gasteiger charge is 2.32. The second-order valence-electron chi connectivity index (χ2n) is 10.0. The van der Waals surface area contributed by atoms with Crippen molar-refractivity contribution >= 4 is 34.6 Å². The van der Waals surface area contributed by atoms with Crippen molar-refractivity contribution in [1.29, 1.82) is 0 Å². The van der Waals surface area contributed by atoms with Crippen LogP contribution < -0.4 is 16.0 Å². The van der Waals surface area contributed by atoms with Gasteiger partial charge in [-0.2, -0.15) is 10.1 Å². The minimum atomic E-state index is -0.533. The molecule has 10 heteroatoms. The molecule has 2 atom stereocenters. The number of rotatable bonds is 4. The van der Waals surface area contributed by atoms with Crippen LogP contribution in [0, 0.1) is 5.92 Å². The fourth-order valence-corrected chi connectivity index (χ4v) is 4.33. The molecule has 10 nitrogen and oxygen atoms in total. The van der Waals surface area contributed by atoms with Crippen LogP contribution in [0.25, 0.3) is 22.2 Å². The summed E-state index contributed by atoms with van der Waals surface area (Å²) in [7, 11) is 3.62. The molecule has 4 N–H and O–H groups in total. The number of aromatic amines is 1. The molecule has 1 fully saturated rings. The first-order valence-corrected chi connectivity index (χ1v) is 11.6. The van der Waals surface area contributed by atoms with Gasteiger partial charge in [0.25, 0.3) is 0 Å². The molecule has 1 amide bonds. The summed E-state index contributed by atoms with van der Waals surface area (Å²) >= 11 is 0. The monoisotopic (exact) mass is 466 g/mol. The Hall–Kier alpha value is -3.56. The molecule has 0 bridgehead atoms. The van der Waals surface area contributed by atoms with Crippen LogP contribution >= 0.6 is 0 Å². The number of fused-ring (bicyclic) bond motifs is 1. The average Bonchev–Trinajstić information content (AvgIpc) is 3.16. The van der Waals surface area contributed by atoms with Crippen molar-refractivity contribution in [2.24, 2.45) is 5.92 Å². The number of aromatic nitrogens is 4. The van der Waals surface area contributed by atoms with Crippen LogP contribution in [-0.4, -0.2) is 70.0 Å². The molecule has 0 aliphatic carbocycles. The normalized spacial score (nSPS) is 18.7. The first kappa shape index (κ1) is 23.6. The molecular formula is C24H34N8O2. The lowest BCUT2D eigenvalue weighted by Gasteiger charge is -2.41. The molecule has 0 spiro atoms. The zero-order valence-electron chi connectivity index (χ0n) is 20.7. The predicted octanol–water partition coefficient (Wildman–Crippen LogP) is 3.73. The number of amides is 1. The van der Waals surface area contributed by atoms with Gasteiger partial charge < -0.3 is 25.6 Å². The lowest BCUT2D eigenvalue weighted by atomic mass is 9.95. The Balaban J connectivity index is 1.62. The van der Waals surface area contributed by atoms with Crippen LogP contribution in [0.15, 0.2) is 24.3 Å². The Morgan fingerprint density at radius 1 is 1.26 bits per heavy atom. The molecule has 182 valence electrons. The summed E-state index contributed by atoms with van der Waals surface area (Å²) in [5, 5.41) is 11.0. The van der Waals surface area contributed by atoms with E-state index in [1.165, 1.54) is 0 Å². The standard InChI is InChI=1S/C24H34N8O2/c1-14-9-16(31(6)23(33)34-24(2,3)4)13-32(12-14)20-11-18(27-22(26-5)28-20)15-7-8-17-19(10-15)29-30-21(17)25/h7-8,10-11,14,16H,9,12-13H2,1-6H3,(H3,25,29,30)(H,26,27,28)/t14-,16-/m1/s1. The van der Waals surface area contributed by atoms with E-state index in [-0.39, 0.29) is 12.1 Å². The molecule has 3 heterocycles. The number of piperidine rings is 1. The maximum atomic E-state index is 12.7. The summed E-state index contributed by atoms with van der Waals surface area (Å²) < 4.78 is 5.60. The van der Waals surface area contributed by atoms with Gasteiger partial charge in [-0.25, -0.2) is 9.78 Å². The van der Waals surface area contributed by atoms with Crippen molar-refractivity contribution in [2.45, 2.75) is 45.8 Å². The molecule has 2 aromatic heterocycles.